The first-order valence-electron chi connectivity index (χ1n) is 7.51. The van der Waals surface area contributed by atoms with Crippen LogP contribution in [0.4, 0.5) is 0 Å². The molecule has 8 nitrogen and oxygen atoms in total. The highest BCUT2D eigenvalue weighted by Gasteiger charge is 2.17. The van der Waals surface area contributed by atoms with Crippen LogP contribution in [0, 0.1) is 0 Å². The van der Waals surface area contributed by atoms with Crippen LogP contribution >= 0.6 is 0 Å². The van der Waals surface area contributed by atoms with Crippen molar-refractivity contribution in [3.8, 4) is 11.5 Å². The van der Waals surface area contributed by atoms with Crippen LogP contribution < -0.4 is 5.32 Å². The number of nitrogens with one attached hydrogen (secondary N) is 1. The summed E-state index contributed by atoms with van der Waals surface area (Å²) in [5.41, 5.74) is 1.33. The molecule has 0 saturated carbocycles. The molecule has 1 aromatic rings. The fraction of sp³-hybridized carbons (Fsp3) is 0.235. The van der Waals surface area contributed by atoms with Crippen molar-refractivity contribution < 1.29 is 30.0 Å². The van der Waals surface area contributed by atoms with Gasteiger partial charge in [-0.05, 0) is 41.8 Å². The van der Waals surface area contributed by atoms with Crippen LogP contribution in [0.25, 0.3) is 0 Å². The van der Waals surface area contributed by atoms with Crippen molar-refractivity contribution in [3.05, 3.63) is 47.2 Å². The molecule has 0 fully saturated rings. The Hall–Kier alpha value is -3.29. The zero-order valence-electron chi connectivity index (χ0n) is 13.2. The molecule has 1 aliphatic rings. The highest BCUT2D eigenvalue weighted by molar-refractivity contribution is 5.87. The molecule has 1 aliphatic heterocycles. The molecule has 1 atom stereocenters. The van der Waals surface area contributed by atoms with Gasteiger partial charge in [0, 0.05) is 19.2 Å². The minimum Gasteiger partial charge on any atom is -0.504 e. The van der Waals surface area contributed by atoms with E-state index in [4.69, 9.17) is 5.11 Å². The summed E-state index contributed by atoms with van der Waals surface area (Å²) in [5.74, 6) is -2.79. The first-order chi connectivity index (χ1) is 11.9. The minimum absolute atomic E-state index is 0.0423. The maximum Gasteiger partial charge on any atom is 0.351 e. The van der Waals surface area contributed by atoms with Crippen LogP contribution in [0.5, 0.6) is 11.5 Å². The number of allylic oxidation sites excluding steroid dienone is 2. The molecule has 5 N–H and O–H groups in total. The Labute approximate surface area is 143 Å². The van der Waals surface area contributed by atoms with E-state index in [1.54, 1.807) is 6.08 Å². The summed E-state index contributed by atoms with van der Waals surface area (Å²) in [4.78, 5) is 26.2. The number of nitrogens with zero attached hydrogens (tertiary/aromatic N) is 1. The SMILES string of the molecule is O=C(O)C1=CC(=CC=NC(Cc2ccc(O)c(O)c2)C(=O)O)CCN1. The molecule has 1 aromatic carbocycles. The third-order valence-electron chi connectivity index (χ3n) is 3.60. The average molecular weight is 346 g/mol. The molecule has 0 aromatic heterocycles. The Bertz CT molecular complexity index is 766. The van der Waals surface area contributed by atoms with Crippen molar-refractivity contribution in [3.63, 3.8) is 0 Å². The lowest BCUT2D eigenvalue weighted by atomic mass is 10.1. The number of aromatic hydroxyl groups is 2. The van der Waals surface area contributed by atoms with Crippen LogP contribution in [-0.2, 0) is 16.0 Å². The molecule has 0 amide bonds. The van der Waals surface area contributed by atoms with Gasteiger partial charge in [-0.25, -0.2) is 9.59 Å². The summed E-state index contributed by atoms with van der Waals surface area (Å²) < 4.78 is 0. The number of hydrogen-bond donors (Lipinski definition) is 5. The molecule has 8 heteroatoms. The Morgan fingerprint density at radius 1 is 1.24 bits per heavy atom. The normalized spacial score (nSPS) is 17.1. The van der Waals surface area contributed by atoms with Crippen LogP contribution in [0.15, 0.2) is 46.6 Å². The summed E-state index contributed by atoms with van der Waals surface area (Å²) >= 11 is 0. The van der Waals surface area contributed by atoms with Crippen LogP contribution in [-0.4, -0.2) is 51.2 Å². The van der Waals surface area contributed by atoms with E-state index in [0.717, 1.165) is 5.57 Å². The van der Waals surface area contributed by atoms with Gasteiger partial charge in [0.25, 0.3) is 0 Å². The predicted octanol–water partition coefficient (Wildman–Crippen LogP) is 1.05. The number of carbonyl (C=O) groups is 2. The second-order valence-electron chi connectivity index (χ2n) is 5.46. The second kappa shape index (κ2) is 8.00. The van der Waals surface area contributed by atoms with Crippen molar-refractivity contribution in [1.29, 1.82) is 0 Å². The molecule has 1 unspecified atom stereocenters. The fourth-order valence-electron chi connectivity index (χ4n) is 2.28. The van der Waals surface area contributed by atoms with Gasteiger partial charge in [0.2, 0.25) is 0 Å². The first kappa shape index (κ1) is 18.1. The Kier molecular flexibility index (Phi) is 5.78. The lowest BCUT2D eigenvalue weighted by molar-refractivity contribution is -0.138. The number of hydrogen-bond acceptors (Lipinski definition) is 6. The Morgan fingerprint density at radius 3 is 2.64 bits per heavy atom. The summed E-state index contributed by atoms with van der Waals surface area (Å²) in [6, 6.07) is 3.01. The molecule has 0 radical (unpaired) electrons. The average Bonchev–Trinajstić information content (AvgIpc) is 2.57. The largest absolute Gasteiger partial charge is 0.504 e. The number of phenolic OH excluding ortho intramolecular Hbond substituents is 2. The molecular weight excluding hydrogens is 328 g/mol. The van der Waals surface area contributed by atoms with E-state index in [2.05, 4.69) is 10.3 Å². The van der Waals surface area contributed by atoms with Gasteiger partial charge in [0.05, 0.1) is 0 Å². The third-order valence-corrected chi connectivity index (χ3v) is 3.60. The molecule has 0 bridgehead atoms. The van der Waals surface area contributed by atoms with Gasteiger partial charge in [0.15, 0.2) is 17.5 Å². The van der Waals surface area contributed by atoms with E-state index in [-0.39, 0.29) is 23.6 Å². The number of carboxylic acids is 2. The van der Waals surface area contributed by atoms with Crippen molar-refractivity contribution in [2.24, 2.45) is 4.99 Å². The third kappa shape index (κ3) is 5.10. The topological polar surface area (TPSA) is 139 Å². The number of benzene rings is 1. The quantitative estimate of drug-likeness (QED) is 0.383. The van der Waals surface area contributed by atoms with Crippen molar-refractivity contribution in [2.75, 3.05) is 6.54 Å². The van der Waals surface area contributed by atoms with Gasteiger partial charge >= 0.3 is 11.9 Å². The molecule has 2 rings (SSSR count). The second-order valence-corrected chi connectivity index (χ2v) is 5.46. The van der Waals surface area contributed by atoms with Gasteiger partial charge in [-0.1, -0.05) is 6.07 Å². The monoisotopic (exact) mass is 346 g/mol. The summed E-state index contributed by atoms with van der Waals surface area (Å²) in [5, 5.41) is 39.7. The van der Waals surface area contributed by atoms with Crippen molar-refractivity contribution in [2.45, 2.75) is 18.9 Å². The van der Waals surface area contributed by atoms with Crippen molar-refractivity contribution >= 4 is 18.2 Å². The van der Waals surface area contributed by atoms with E-state index in [1.165, 1.54) is 30.5 Å². The van der Waals surface area contributed by atoms with Gasteiger partial charge < -0.3 is 25.7 Å². The Morgan fingerprint density at radius 2 is 2.00 bits per heavy atom. The smallest absolute Gasteiger partial charge is 0.351 e. The van der Waals surface area contributed by atoms with Gasteiger partial charge in [-0.15, -0.1) is 0 Å². The molecule has 25 heavy (non-hydrogen) atoms. The molecule has 1 heterocycles. The summed E-state index contributed by atoms with van der Waals surface area (Å²) in [6.45, 7) is 0.479. The Balaban J connectivity index is 2.10. The molecule has 0 spiro atoms. The standard InChI is InChI=1S/C17H18N2O6/c20-14-2-1-11(9-15(14)21)8-13(17(24)25)19-6-4-10-3-5-18-12(7-10)16(22)23/h1-2,4,6-7,9,13,18,20-21H,3,5,8H2,(H,22,23)(H,24,25). The maximum atomic E-state index is 11.3. The number of aliphatic imine (C=N–C) groups is 1. The number of rotatable bonds is 6. The first-order valence-corrected chi connectivity index (χ1v) is 7.51. The fourth-order valence-corrected chi connectivity index (χ4v) is 2.28. The minimum atomic E-state index is -1.13. The van der Waals surface area contributed by atoms with Crippen LogP contribution in [0.2, 0.25) is 0 Å². The van der Waals surface area contributed by atoms with E-state index in [1.807, 2.05) is 0 Å². The lowest BCUT2D eigenvalue weighted by Gasteiger charge is -2.14. The van der Waals surface area contributed by atoms with E-state index in [9.17, 15) is 24.9 Å². The predicted molar refractivity (Wildman–Crippen MR) is 89.8 cm³/mol. The van der Waals surface area contributed by atoms with Crippen LogP contribution in [0.3, 0.4) is 0 Å². The highest BCUT2D eigenvalue weighted by Crippen LogP contribution is 2.25. The zero-order valence-corrected chi connectivity index (χ0v) is 13.2. The van der Waals surface area contributed by atoms with Gasteiger partial charge in [-0.2, -0.15) is 0 Å². The van der Waals surface area contributed by atoms with Gasteiger partial charge in [0.1, 0.15) is 5.70 Å². The van der Waals surface area contributed by atoms with E-state index < -0.39 is 18.0 Å². The van der Waals surface area contributed by atoms with Gasteiger partial charge in [-0.3, -0.25) is 4.99 Å². The summed E-state index contributed by atoms with van der Waals surface area (Å²) in [6.07, 6.45) is 5.04. The van der Waals surface area contributed by atoms with E-state index in [0.29, 0.717) is 18.5 Å². The molecule has 0 aliphatic carbocycles. The molecule has 0 saturated heterocycles. The van der Waals surface area contributed by atoms with E-state index >= 15 is 0 Å². The lowest BCUT2D eigenvalue weighted by Crippen LogP contribution is -2.25. The zero-order chi connectivity index (χ0) is 18.4. The number of aliphatic carboxylic acids is 2. The summed E-state index contributed by atoms with van der Waals surface area (Å²) in [7, 11) is 0. The number of phenols is 2. The maximum absolute atomic E-state index is 11.3. The highest BCUT2D eigenvalue weighted by atomic mass is 16.4. The van der Waals surface area contributed by atoms with Crippen molar-refractivity contribution in [1.82, 2.24) is 5.32 Å². The molecular formula is C17H18N2O6. The number of carboxylic acid groups (broad SMARTS) is 2. The van der Waals surface area contributed by atoms with Crippen LogP contribution in [0.1, 0.15) is 12.0 Å². The molecule has 132 valence electrons.